The Bertz CT molecular complexity index is 1530. The standard InChI is InChI=1S/C28H26ClN3O7S/c1-2-37-28(35)39-16-38-26-20(33)10-11-31-25(26)27(34)30-12-13-36-14-22(30)32(31)24-18-7-3-4-9-21(18)40-15-17-6-5-8-19(29)23(17)24/h3-11,22,24H,2,12-16H2,1H3/t22-,24-/m1/s1. The van der Waals surface area contributed by atoms with E-state index in [1.165, 1.54) is 6.07 Å². The molecule has 2 atom stereocenters. The van der Waals surface area contributed by atoms with Gasteiger partial charge in [-0.2, -0.15) is 0 Å². The van der Waals surface area contributed by atoms with Gasteiger partial charge in [-0.25, -0.2) is 4.79 Å². The SMILES string of the molecule is CCOC(=O)OCOc1c2n(ccc1=O)N([C@@H]1c3ccccc3SCc3cccc(Cl)c31)[C@@H]1COCCN1C2=O. The summed E-state index contributed by atoms with van der Waals surface area (Å²) in [5.41, 5.74) is 2.51. The molecule has 0 unspecified atom stereocenters. The Labute approximate surface area is 239 Å². The lowest BCUT2D eigenvalue weighted by atomic mass is 9.93. The van der Waals surface area contributed by atoms with Gasteiger partial charge >= 0.3 is 6.16 Å². The van der Waals surface area contributed by atoms with Crippen LogP contribution in [0.15, 0.2) is 64.4 Å². The Morgan fingerprint density at radius 1 is 1.12 bits per heavy atom. The topological polar surface area (TPSA) is 99.5 Å². The molecular weight excluding hydrogens is 558 g/mol. The molecule has 0 N–H and O–H groups in total. The monoisotopic (exact) mass is 583 g/mol. The number of hydrogen-bond donors (Lipinski definition) is 0. The average molecular weight is 584 g/mol. The lowest BCUT2D eigenvalue weighted by Crippen LogP contribution is -2.66. The minimum atomic E-state index is -0.938. The highest BCUT2D eigenvalue weighted by atomic mass is 35.5. The van der Waals surface area contributed by atoms with E-state index in [4.69, 9.17) is 30.5 Å². The van der Waals surface area contributed by atoms with Crippen LogP contribution in [-0.2, 0) is 20.0 Å². The van der Waals surface area contributed by atoms with Crippen LogP contribution in [0.1, 0.15) is 40.1 Å². The highest BCUT2D eigenvalue weighted by Crippen LogP contribution is 2.46. The highest BCUT2D eigenvalue weighted by molar-refractivity contribution is 7.98. The van der Waals surface area contributed by atoms with Crippen molar-refractivity contribution < 1.29 is 28.5 Å². The predicted molar refractivity (Wildman–Crippen MR) is 147 cm³/mol. The predicted octanol–water partition coefficient (Wildman–Crippen LogP) is 4.16. The van der Waals surface area contributed by atoms with Gasteiger partial charge in [-0.3, -0.25) is 19.3 Å². The maximum Gasteiger partial charge on any atom is 0.511 e. The van der Waals surface area contributed by atoms with Gasteiger partial charge in [-0.1, -0.05) is 41.9 Å². The molecule has 0 bridgehead atoms. The van der Waals surface area contributed by atoms with Crippen LogP contribution in [-0.4, -0.2) is 61.0 Å². The molecule has 208 valence electrons. The van der Waals surface area contributed by atoms with Crippen LogP contribution >= 0.6 is 23.4 Å². The van der Waals surface area contributed by atoms with Gasteiger partial charge in [0.15, 0.2) is 5.69 Å². The number of carbonyl (C=O) groups is 2. The number of amides is 1. The highest BCUT2D eigenvalue weighted by Gasteiger charge is 2.46. The first kappa shape index (κ1) is 26.5. The number of benzene rings is 2. The summed E-state index contributed by atoms with van der Waals surface area (Å²) in [6, 6.07) is 14.9. The number of ether oxygens (including phenoxy) is 4. The summed E-state index contributed by atoms with van der Waals surface area (Å²) in [6.07, 6.45) is 0.134. The van der Waals surface area contributed by atoms with Crippen molar-refractivity contribution in [1.82, 2.24) is 9.58 Å². The molecule has 0 saturated carbocycles. The van der Waals surface area contributed by atoms with Crippen molar-refractivity contribution in [2.24, 2.45) is 0 Å². The second kappa shape index (κ2) is 11.1. The van der Waals surface area contributed by atoms with E-state index in [0.717, 1.165) is 27.3 Å². The van der Waals surface area contributed by atoms with Crippen molar-refractivity contribution in [1.29, 1.82) is 0 Å². The van der Waals surface area contributed by atoms with Crippen LogP contribution in [0.3, 0.4) is 0 Å². The van der Waals surface area contributed by atoms with E-state index in [2.05, 4.69) is 18.2 Å². The van der Waals surface area contributed by atoms with E-state index < -0.39 is 30.6 Å². The van der Waals surface area contributed by atoms with Crippen LogP contribution in [0.5, 0.6) is 5.75 Å². The van der Waals surface area contributed by atoms with Crippen molar-refractivity contribution in [3.8, 4) is 5.75 Å². The largest absolute Gasteiger partial charge is 0.511 e. The number of morpholine rings is 1. The zero-order chi connectivity index (χ0) is 27.8. The third-order valence-electron chi connectivity index (χ3n) is 7.08. The van der Waals surface area contributed by atoms with Gasteiger partial charge in [-0.15, -0.1) is 11.8 Å². The molecule has 40 heavy (non-hydrogen) atoms. The summed E-state index contributed by atoms with van der Waals surface area (Å²) in [5, 5.41) is 2.63. The van der Waals surface area contributed by atoms with E-state index in [1.807, 2.05) is 29.3 Å². The van der Waals surface area contributed by atoms with Crippen molar-refractivity contribution >= 4 is 35.4 Å². The lowest BCUT2D eigenvalue weighted by Gasteiger charge is -2.51. The Morgan fingerprint density at radius 3 is 2.83 bits per heavy atom. The zero-order valence-electron chi connectivity index (χ0n) is 21.6. The Kier molecular flexibility index (Phi) is 7.35. The van der Waals surface area contributed by atoms with Gasteiger partial charge in [-0.05, 0) is 30.2 Å². The van der Waals surface area contributed by atoms with Gasteiger partial charge in [0.2, 0.25) is 18.0 Å². The van der Waals surface area contributed by atoms with Crippen LogP contribution < -0.4 is 15.2 Å². The van der Waals surface area contributed by atoms with E-state index in [-0.39, 0.29) is 30.6 Å². The van der Waals surface area contributed by atoms with Crippen LogP contribution in [0.4, 0.5) is 4.79 Å². The summed E-state index contributed by atoms with van der Waals surface area (Å²) >= 11 is 8.64. The average Bonchev–Trinajstić information content (AvgIpc) is 3.13. The minimum Gasteiger partial charge on any atom is -0.451 e. The fourth-order valence-electron chi connectivity index (χ4n) is 5.39. The van der Waals surface area contributed by atoms with Gasteiger partial charge in [0.05, 0.1) is 19.8 Å². The molecule has 12 heteroatoms. The lowest BCUT2D eigenvalue weighted by molar-refractivity contribution is -0.0211. The molecule has 0 radical (unpaired) electrons. The van der Waals surface area contributed by atoms with Crippen LogP contribution in [0.25, 0.3) is 0 Å². The minimum absolute atomic E-state index is 0.0288. The van der Waals surface area contributed by atoms with Gasteiger partial charge in [0.1, 0.15) is 12.2 Å². The van der Waals surface area contributed by atoms with Crippen LogP contribution in [0.2, 0.25) is 5.02 Å². The number of hydrogen-bond acceptors (Lipinski definition) is 9. The summed E-state index contributed by atoms with van der Waals surface area (Å²) in [5.74, 6) is 0.115. The number of nitrogens with zero attached hydrogens (tertiary/aromatic N) is 3. The summed E-state index contributed by atoms with van der Waals surface area (Å²) in [4.78, 5) is 41.4. The molecule has 3 aromatic rings. The molecule has 3 aliphatic heterocycles. The van der Waals surface area contributed by atoms with Crippen molar-refractivity contribution in [3.63, 3.8) is 0 Å². The summed E-state index contributed by atoms with van der Waals surface area (Å²) in [7, 11) is 0. The van der Waals surface area contributed by atoms with Crippen molar-refractivity contribution in [3.05, 3.63) is 92.4 Å². The Hall–Kier alpha value is -3.67. The second-order valence-corrected chi connectivity index (χ2v) is 10.7. The third-order valence-corrected chi connectivity index (χ3v) is 8.54. The number of pyridine rings is 1. The first-order chi connectivity index (χ1) is 19.5. The number of fused-ring (bicyclic) bond motifs is 4. The molecule has 6 rings (SSSR count). The molecular formula is C28H26ClN3O7S. The molecule has 10 nitrogen and oxygen atoms in total. The normalized spacial score (nSPS) is 19.5. The molecule has 0 aliphatic carbocycles. The summed E-state index contributed by atoms with van der Waals surface area (Å²) in [6.45, 7) is 2.10. The molecule has 0 spiro atoms. The molecule has 1 amide bonds. The zero-order valence-corrected chi connectivity index (χ0v) is 23.2. The Balaban J connectivity index is 1.54. The third kappa shape index (κ3) is 4.57. The number of carbonyl (C=O) groups excluding carboxylic acids is 2. The number of halogens is 1. The molecule has 3 aliphatic rings. The molecule has 2 aromatic carbocycles. The quantitative estimate of drug-likeness (QED) is 0.324. The van der Waals surface area contributed by atoms with E-state index in [0.29, 0.717) is 18.2 Å². The molecule has 1 fully saturated rings. The maximum atomic E-state index is 13.9. The van der Waals surface area contributed by atoms with Crippen molar-refractivity contribution in [2.75, 3.05) is 38.2 Å². The summed E-state index contributed by atoms with van der Waals surface area (Å²) < 4.78 is 22.9. The van der Waals surface area contributed by atoms with Crippen molar-refractivity contribution in [2.45, 2.75) is 29.8 Å². The van der Waals surface area contributed by atoms with Gasteiger partial charge < -0.3 is 23.8 Å². The Morgan fingerprint density at radius 2 is 1.98 bits per heavy atom. The van der Waals surface area contributed by atoms with Crippen LogP contribution in [0, 0.1) is 0 Å². The fourth-order valence-corrected chi connectivity index (χ4v) is 6.77. The number of rotatable bonds is 5. The molecule has 4 heterocycles. The first-order valence-electron chi connectivity index (χ1n) is 12.8. The smallest absolute Gasteiger partial charge is 0.451 e. The molecule has 1 aromatic heterocycles. The van der Waals surface area contributed by atoms with Gasteiger partial charge in [0.25, 0.3) is 5.91 Å². The van der Waals surface area contributed by atoms with Gasteiger partial charge in [0, 0.05) is 40.0 Å². The molecule has 1 saturated heterocycles. The maximum absolute atomic E-state index is 13.9. The first-order valence-corrected chi connectivity index (χ1v) is 14.2. The fraction of sp³-hybridized carbons (Fsp3) is 0.321. The number of aromatic nitrogens is 1. The van der Waals surface area contributed by atoms with E-state index in [1.54, 1.807) is 34.5 Å². The van der Waals surface area contributed by atoms with E-state index >= 15 is 0 Å². The van der Waals surface area contributed by atoms with E-state index in [9.17, 15) is 14.4 Å². The second-order valence-electron chi connectivity index (χ2n) is 9.27. The number of thioether (sulfide) groups is 1.